The number of carbonyl (C=O) groups excluding carboxylic acids is 1. The lowest BCUT2D eigenvalue weighted by Gasteiger charge is -2.17. The van der Waals surface area contributed by atoms with E-state index >= 15 is 0 Å². The van der Waals surface area contributed by atoms with Crippen molar-refractivity contribution >= 4 is 17.3 Å². The number of anilines is 2. The molecule has 0 spiro atoms. The van der Waals surface area contributed by atoms with Crippen LogP contribution < -0.4 is 10.6 Å². The summed E-state index contributed by atoms with van der Waals surface area (Å²) in [4.78, 5) is 11.1. The van der Waals surface area contributed by atoms with Crippen molar-refractivity contribution in [2.75, 3.05) is 10.6 Å². The van der Waals surface area contributed by atoms with Gasteiger partial charge in [-0.15, -0.1) is 0 Å². The first-order valence-electron chi connectivity index (χ1n) is 7.16. The van der Waals surface area contributed by atoms with Crippen LogP contribution in [0.15, 0.2) is 30.6 Å². The number of nitrogens with zero attached hydrogens (tertiary/aromatic N) is 2. The van der Waals surface area contributed by atoms with Crippen molar-refractivity contribution in [3.63, 3.8) is 0 Å². The number of nitrogens with one attached hydrogen (secondary N) is 2. The number of benzene rings is 1. The maximum atomic E-state index is 11.1. The van der Waals surface area contributed by atoms with E-state index in [4.69, 9.17) is 0 Å². The van der Waals surface area contributed by atoms with Crippen LogP contribution in [0.4, 0.5) is 11.4 Å². The molecule has 1 aromatic heterocycles. The van der Waals surface area contributed by atoms with Gasteiger partial charge in [0.2, 0.25) is 5.91 Å². The summed E-state index contributed by atoms with van der Waals surface area (Å²) in [5, 5.41) is 10.6. The molecule has 0 fully saturated rings. The molecule has 0 saturated heterocycles. The molecule has 1 unspecified atom stereocenters. The van der Waals surface area contributed by atoms with Crippen molar-refractivity contribution in [1.29, 1.82) is 0 Å². The van der Waals surface area contributed by atoms with Gasteiger partial charge in [-0.3, -0.25) is 9.48 Å². The predicted octanol–water partition coefficient (Wildman–Crippen LogP) is 3.34. The summed E-state index contributed by atoms with van der Waals surface area (Å²) in [6, 6.07) is 6.01. The van der Waals surface area contributed by atoms with E-state index in [1.165, 1.54) is 6.92 Å². The summed E-state index contributed by atoms with van der Waals surface area (Å²) in [6.07, 6.45) is 3.93. The molecule has 0 radical (unpaired) electrons. The zero-order valence-corrected chi connectivity index (χ0v) is 13.0. The maximum absolute atomic E-state index is 11.1. The van der Waals surface area contributed by atoms with Crippen LogP contribution in [0.25, 0.3) is 0 Å². The van der Waals surface area contributed by atoms with Gasteiger partial charge in [0, 0.05) is 36.6 Å². The SMILES string of the molecule is CCn1cc(C(C)Nc2cc(NC(C)=O)ccc2C)cn1. The normalized spacial score (nSPS) is 12.0. The Balaban J connectivity index is 2.15. The van der Waals surface area contributed by atoms with Gasteiger partial charge in [-0.1, -0.05) is 6.07 Å². The zero-order chi connectivity index (χ0) is 15.4. The van der Waals surface area contributed by atoms with E-state index in [0.717, 1.165) is 29.0 Å². The molecule has 0 bridgehead atoms. The summed E-state index contributed by atoms with van der Waals surface area (Å²) < 4.78 is 1.91. The highest BCUT2D eigenvalue weighted by Gasteiger charge is 2.10. The van der Waals surface area contributed by atoms with E-state index in [1.807, 2.05) is 42.2 Å². The van der Waals surface area contributed by atoms with Crippen LogP contribution in [0, 0.1) is 6.92 Å². The highest BCUT2D eigenvalue weighted by molar-refractivity contribution is 5.89. The van der Waals surface area contributed by atoms with E-state index in [-0.39, 0.29) is 11.9 Å². The number of rotatable bonds is 5. The van der Waals surface area contributed by atoms with E-state index in [2.05, 4.69) is 29.6 Å². The first-order valence-corrected chi connectivity index (χ1v) is 7.16. The van der Waals surface area contributed by atoms with Gasteiger partial charge in [0.05, 0.1) is 12.2 Å². The Morgan fingerprint density at radius 3 is 2.81 bits per heavy atom. The maximum Gasteiger partial charge on any atom is 0.221 e. The molecule has 1 atom stereocenters. The third-order valence-electron chi connectivity index (χ3n) is 3.41. The van der Waals surface area contributed by atoms with Crippen molar-refractivity contribution in [3.05, 3.63) is 41.7 Å². The topological polar surface area (TPSA) is 59.0 Å². The molecule has 5 nitrogen and oxygen atoms in total. The fraction of sp³-hybridized carbons (Fsp3) is 0.375. The van der Waals surface area contributed by atoms with E-state index in [0.29, 0.717) is 0 Å². The van der Waals surface area contributed by atoms with Crippen LogP contribution in [-0.4, -0.2) is 15.7 Å². The Morgan fingerprint density at radius 2 is 2.19 bits per heavy atom. The lowest BCUT2D eigenvalue weighted by molar-refractivity contribution is -0.114. The summed E-state index contributed by atoms with van der Waals surface area (Å²) in [5.41, 5.74) is 4.09. The van der Waals surface area contributed by atoms with Crippen molar-refractivity contribution in [3.8, 4) is 0 Å². The Kier molecular flexibility index (Phi) is 4.62. The summed E-state index contributed by atoms with van der Waals surface area (Å²) >= 11 is 0. The van der Waals surface area contributed by atoms with Gasteiger partial charge in [-0.25, -0.2) is 0 Å². The van der Waals surface area contributed by atoms with Crippen LogP contribution in [0.3, 0.4) is 0 Å². The average molecular weight is 286 g/mol. The fourth-order valence-corrected chi connectivity index (χ4v) is 2.15. The largest absolute Gasteiger partial charge is 0.378 e. The minimum Gasteiger partial charge on any atom is -0.378 e. The number of carbonyl (C=O) groups is 1. The van der Waals surface area contributed by atoms with Gasteiger partial charge in [-0.05, 0) is 38.5 Å². The van der Waals surface area contributed by atoms with Gasteiger partial charge in [-0.2, -0.15) is 5.10 Å². The van der Waals surface area contributed by atoms with Gasteiger partial charge >= 0.3 is 0 Å². The Morgan fingerprint density at radius 1 is 1.43 bits per heavy atom. The molecule has 1 aromatic carbocycles. The number of aromatic nitrogens is 2. The molecule has 2 rings (SSSR count). The lowest BCUT2D eigenvalue weighted by atomic mass is 10.1. The molecule has 2 N–H and O–H groups in total. The molecular weight excluding hydrogens is 264 g/mol. The molecule has 21 heavy (non-hydrogen) atoms. The van der Waals surface area contributed by atoms with Gasteiger partial charge in [0.25, 0.3) is 0 Å². The third-order valence-corrected chi connectivity index (χ3v) is 3.41. The number of aryl methyl sites for hydroxylation is 2. The summed E-state index contributed by atoms with van der Waals surface area (Å²) in [6.45, 7) is 8.58. The van der Waals surface area contributed by atoms with Crippen LogP contribution >= 0.6 is 0 Å². The van der Waals surface area contributed by atoms with Gasteiger partial charge in [0.15, 0.2) is 0 Å². The van der Waals surface area contributed by atoms with Crippen LogP contribution in [0.1, 0.15) is 37.9 Å². The second kappa shape index (κ2) is 6.43. The molecule has 112 valence electrons. The molecule has 5 heteroatoms. The Hall–Kier alpha value is -2.30. The van der Waals surface area contributed by atoms with E-state index in [1.54, 1.807) is 0 Å². The molecule has 0 aliphatic heterocycles. The molecule has 0 saturated carbocycles. The van der Waals surface area contributed by atoms with Crippen LogP contribution in [0.5, 0.6) is 0 Å². The summed E-state index contributed by atoms with van der Waals surface area (Å²) in [7, 11) is 0. The van der Waals surface area contributed by atoms with Crippen molar-refractivity contribution in [1.82, 2.24) is 9.78 Å². The number of hydrogen-bond acceptors (Lipinski definition) is 3. The highest BCUT2D eigenvalue weighted by atomic mass is 16.1. The molecule has 0 aliphatic carbocycles. The first kappa shape index (κ1) is 15.1. The third kappa shape index (κ3) is 3.84. The van der Waals surface area contributed by atoms with E-state index in [9.17, 15) is 4.79 Å². The quantitative estimate of drug-likeness (QED) is 0.886. The smallest absolute Gasteiger partial charge is 0.221 e. The standard InChI is InChI=1S/C16H22N4O/c1-5-20-10-14(9-17-20)12(3)18-16-8-15(19-13(4)21)7-6-11(16)2/h6-10,12,18H,5H2,1-4H3,(H,19,21). The molecule has 0 aliphatic rings. The predicted molar refractivity (Wildman–Crippen MR) is 85.4 cm³/mol. The van der Waals surface area contributed by atoms with Crippen LogP contribution in [-0.2, 0) is 11.3 Å². The first-order chi connectivity index (χ1) is 9.99. The molecule has 1 amide bonds. The van der Waals surface area contributed by atoms with Gasteiger partial charge in [0.1, 0.15) is 0 Å². The minimum absolute atomic E-state index is 0.0675. The zero-order valence-electron chi connectivity index (χ0n) is 13.0. The second-order valence-electron chi connectivity index (χ2n) is 5.21. The minimum atomic E-state index is -0.0675. The molecule has 1 heterocycles. The Bertz CT molecular complexity index is 633. The average Bonchev–Trinajstić information content (AvgIpc) is 2.91. The summed E-state index contributed by atoms with van der Waals surface area (Å²) in [5.74, 6) is -0.0675. The Labute approximate surface area is 125 Å². The van der Waals surface area contributed by atoms with Crippen molar-refractivity contribution in [2.24, 2.45) is 0 Å². The number of amides is 1. The molecular formula is C16H22N4O. The monoisotopic (exact) mass is 286 g/mol. The van der Waals surface area contributed by atoms with Crippen molar-refractivity contribution in [2.45, 2.75) is 40.3 Å². The van der Waals surface area contributed by atoms with E-state index < -0.39 is 0 Å². The highest BCUT2D eigenvalue weighted by Crippen LogP contribution is 2.25. The lowest BCUT2D eigenvalue weighted by Crippen LogP contribution is -2.09. The fourth-order valence-electron chi connectivity index (χ4n) is 2.15. The molecule has 2 aromatic rings. The second-order valence-corrected chi connectivity index (χ2v) is 5.21. The van der Waals surface area contributed by atoms with Crippen LogP contribution in [0.2, 0.25) is 0 Å². The number of hydrogen-bond donors (Lipinski definition) is 2. The van der Waals surface area contributed by atoms with Gasteiger partial charge < -0.3 is 10.6 Å². The van der Waals surface area contributed by atoms with Crippen molar-refractivity contribution < 1.29 is 4.79 Å².